The fraction of sp³-hybridized carbons (Fsp3) is 0.467. The smallest absolute Gasteiger partial charge is 0.237 e. The molecule has 1 fully saturated rings. The van der Waals surface area contributed by atoms with E-state index in [4.69, 9.17) is 4.74 Å². The van der Waals surface area contributed by atoms with Gasteiger partial charge in [0.1, 0.15) is 5.75 Å². The number of hydrogen-bond donors (Lipinski definition) is 1. The number of rotatable bonds is 4. The minimum Gasteiger partial charge on any atom is -0.494 e. The molecule has 0 spiro atoms. The molecule has 5 heteroatoms. The molecule has 0 aliphatic carbocycles. The Kier molecular flexibility index (Phi) is 4.09. The van der Waals surface area contributed by atoms with Crippen molar-refractivity contribution in [2.45, 2.75) is 27.4 Å². The summed E-state index contributed by atoms with van der Waals surface area (Å²) in [6.07, 6.45) is 0. The van der Waals surface area contributed by atoms with Crippen LogP contribution in [0.2, 0.25) is 0 Å². The lowest BCUT2D eigenvalue weighted by atomic mass is 10.00. The maximum absolute atomic E-state index is 12.1. The van der Waals surface area contributed by atoms with Gasteiger partial charge in [-0.2, -0.15) is 0 Å². The van der Waals surface area contributed by atoms with Gasteiger partial charge in [0, 0.05) is 17.4 Å². The van der Waals surface area contributed by atoms with E-state index in [1.807, 2.05) is 6.92 Å². The Labute approximate surface area is 118 Å². The third kappa shape index (κ3) is 2.29. The van der Waals surface area contributed by atoms with Gasteiger partial charge in [-0.25, -0.2) is 0 Å². The SMILES string of the molecule is CCOc1ccc(N2C(=O)C(C)C(C)C2=O)cc1CO. The highest BCUT2D eigenvalue weighted by atomic mass is 16.5. The van der Waals surface area contributed by atoms with Gasteiger partial charge in [-0.05, 0) is 25.1 Å². The van der Waals surface area contributed by atoms with Crippen molar-refractivity contribution in [3.8, 4) is 5.75 Å². The summed E-state index contributed by atoms with van der Waals surface area (Å²) in [6.45, 7) is 5.65. The number of amides is 2. The summed E-state index contributed by atoms with van der Waals surface area (Å²) in [5.74, 6) is -0.455. The molecule has 1 N–H and O–H groups in total. The standard InChI is InChI=1S/C15H19NO4/c1-4-20-13-6-5-12(7-11(13)8-17)16-14(18)9(2)10(3)15(16)19/h5-7,9-10,17H,4,8H2,1-3H3. The highest BCUT2D eigenvalue weighted by Gasteiger charge is 2.43. The van der Waals surface area contributed by atoms with E-state index in [-0.39, 0.29) is 30.3 Å². The molecule has 2 rings (SSSR count). The lowest BCUT2D eigenvalue weighted by Crippen LogP contribution is -2.30. The van der Waals surface area contributed by atoms with Gasteiger partial charge >= 0.3 is 0 Å². The zero-order chi connectivity index (χ0) is 14.9. The molecule has 0 saturated carbocycles. The van der Waals surface area contributed by atoms with E-state index in [0.29, 0.717) is 23.6 Å². The molecule has 108 valence electrons. The number of carbonyl (C=O) groups is 2. The second-order valence-electron chi connectivity index (χ2n) is 4.97. The maximum Gasteiger partial charge on any atom is 0.237 e. The number of carbonyl (C=O) groups excluding carboxylic acids is 2. The van der Waals surface area contributed by atoms with Crippen LogP contribution < -0.4 is 9.64 Å². The molecule has 2 atom stereocenters. The molecular weight excluding hydrogens is 258 g/mol. The van der Waals surface area contributed by atoms with Crippen LogP contribution in [0.25, 0.3) is 0 Å². The van der Waals surface area contributed by atoms with Gasteiger partial charge in [-0.15, -0.1) is 0 Å². The minimum atomic E-state index is -0.313. The number of aliphatic hydroxyl groups excluding tert-OH is 1. The zero-order valence-corrected chi connectivity index (χ0v) is 11.9. The van der Waals surface area contributed by atoms with Crippen LogP contribution >= 0.6 is 0 Å². The summed E-state index contributed by atoms with van der Waals surface area (Å²) in [5, 5.41) is 9.38. The van der Waals surface area contributed by atoms with Crippen LogP contribution in [-0.2, 0) is 16.2 Å². The fourth-order valence-corrected chi connectivity index (χ4v) is 2.32. The highest BCUT2D eigenvalue weighted by molar-refractivity contribution is 6.21. The molecule has 20 heavy (non-hydrogen) atoms. The summed E-state index contributed by atoms with van der Waals surface area (Å²) in [4.78, 5) is 25.5. The lowest BCUT2D eigenvalue weighted by molar-refractivity contribution is -0.122. The van der Waals surface area contributed by atoms with Crippen molar-refractivity contribution in [3.63, 3.8) is 0 Å². The quantitative estimate of drug-likeness (QED) is 0.851. The third-order valence-corrected chi connectivity index (χ3v) is 3.74. The van der Waals surface area contributed by atoms with Crippen LogP contribution in [0.5, 0.6) is 5.75 Å². The van der Waals surface area contributed by atoms with E-state index < -0.39 is 0 Å². The Bertz CT molecular complexity index is 521. The zero-order valence-electron chi connectivity index (χ0n) is 11.9. The van der Waals surface area contributed by atoms with E-state index in [2.05, 4.69) is 0 Å². The normalized spacial score (nSPS) is 22.5. The average Bonchev–Trinajstić information content (AvgIpc) is 2.64. The van der Waals surface area contributed by atoms with Gasteiger partial charge < -0.3 is 9.84 Å². The Morgan fingerprint density at radius 2 is 1.80 bits per heavy atom. The molecule has 0 aromatic heterocycles. The molecule has 2 amide bonds. The molecule has 2 unspecified atom stereocenters. The largest absolute Gasteiger partial charge is 0.494 e. The van der Waals surface area contributed by atoms with Crippen molar-refractivity contribution < 1.29 is 19.4 Å². The number of aliphatic hydroxyl groups is 1. The molecule has 1 aliphatic heterocycles. The number of hydrogen-bond acceptors (Lipinski definition) is 4. The Morgan fingerprint density at radius 3 is 2.30 bits per heavy atom. The fourth-order valence-electron chi connectivity index (χ4n) is 2.32. The van der Waals surface area contributed by atoms with E-state index in [1.54, 1.807) is 32.0 Å². The van der Waals surface area contributed by atoms with Crippen LogP contribution in [0.4, 0.5) is 5.69 Å². The number of imide groups is 1. The predicted molar refractivity (Wildman–Crippen MR) is 74.4 cm³/mol. The van der Waals surface area contributed by atoms with E-state index in [1.165, 1.54) is 4.90 Å². The monoisotopic (exact) mass is 277 g/mol. The maximum atomic E-state index is 12.1. The molecule has 0 radical (unpaired) electrons. The van der Waals surface area contributed by atoms with Gasteiger partial charge in [-0.1, -0.05) is 13.8 Å². The molecule has 0 bridgehead atoms. The van der Waals surface area contributed by atoms with Crippen molar-refractivity contribution in [2.75, 3.05) is 11.5 Å². The van der Waals surface area contributed by atoms with E-state index in [0.717, 1.165) is 0 Å². The topological polar surface area (TPSA) is 66.8 Å². The molecule has 1 aliphatic rings. The summed E-state index contributed by atoms with van der Waals surface area (Å²) >= 11 is 0. The van der Waals surface area contributed by atoms with Gasteiger partial charge in [0.05, 0.1) is 18.9 Å². The molecule has 5 nitrogen and oxygen atoms in total. The minimum absolute atomic E-state index is 0.199. The number of ether oxygens (including phenoxy) is 1. The summed E-state index contributed by atoms with van der Waals surface area (Å²) in [7, 11) is 0. The molecule has 1 aromatic carbocycles. The van der Waals surface area contributed by atoms with Gasteiger partial charge in [-0.3, -0.25) is 14.5 Å². The van der Waals surface area contributed by atoms with Crippen molar-refractivity contribution in [2.24, 2.45) is 11.8 Å². The van der Waals surface area contributed by atoms with E-state index in [9.17, 15) is 14.7 Å². The van der Waals surface area contributed by atoms with E-state index >= 15 is 0 Å². The second-order valence-corrected chi connectivity index (χ2v) is 4.97. The van der Waals surface area contributed by atoms with Crippen molar-refractivity contribution in [3.05, 3.63) is 23.8 Å². The van der Waals surface area contributed by atoms with Crippen LogP contribution in [0, 0.1) is 11.8 Å². The van der Waals surface area contributed by atoms with Crippen LogP contribution in [-0.4, -0.2) is 23.5 Å². The van der Waals surface area contributed by atoms with Crippen LogP contribution in [0.3, 0.4) is 0 Å². The number of nitrogens with zero attached hydrogens (tertiary/aromatic N) is 1. The Morgan fingerprint density at radius 1 is 1.20 bits per heavy atom. The molecule has 1 saturated heterocycles. The summed E-state index contributed by atoms with van der Waals surface area (Å²) in [6, 6.07) is 4.98. The third-order valence-electron chi connectivity index (χ3n) is 3.74. The van der Waals surface area contributed by atoms with Crippen molar-refractivity contribution >= 4 is 17.5 Å². The van der Waals surface area contributed by atoms with Crippen molar-refractivity contribution in [1.29, 1.82) is 0 Å². The predicted octanol–water partition coefficient (Wildman–Crippen LogP) is 1.72. The molecule has 1 heterocycles. The first-order chi connectivity index (χ1) is 9.51. The lowest BCUT2D eigenvalue weighted by Gasteiger charge is -2.17. The number of anilines is 1. The second kappa shape index (κ2) is 5.63. The average molecular weight is 277 g/mol. The van der Waals surface area contributed by atoms with Crippen LogP contribution in [0.1, 0.15) is 26.3 Å². The first-order valence-electron chi connectivity index (χ1n) is 6.75. The van der Waals surface area contributed by atoms with Crippen molar-refractivity contribution in [1.82, 2.24) is 0 Å². The van der Waals surface area contributed by atoms with Crippen LogP contribution in [0.15, 0.2) is 18.2 Å². The Balaban J connectivity index is 2.39. The molecular formula is C15H19NO4. The highest BCUT2D eigenvalue weighted by Crippen LogP contribution is 2.33. The Hall–Kier alpha value is -1.88. The first-order valence-corrected chi connectivity index (χ1v) is 6.75. The number of benzene rings is 1. The molecule has 1 aromatic rings. The van der Waals surface area contributed by atoms with Gasteiger partial charge in [0.2, 0.25) is 11.8 Å². The summed E-state index contributed by atoms with van der Waals surface area (Å²) < 4.78 is 5.39. The van der Waals surface area contributed by atoms with Gasteiger partial charge in [0.15, 0.2) is 0 Å². The van der Waals surface area contributed by atoms with Gasteiger partial charge in [0.25, 0.3) is 0 Å². The summed E-state index contributed by atoms with van der Waals surface area (Å²) in [5.41, 5.74) is 1.06. The first kappa shape index (κ1) is 14.5.